The quantitative estimate of drug-likeness (QED) is 0.452. The van der Waals surface area contributed by atoms with E-state index in [1.807, 2.05) is 57.6 Å². The normalized spacial score (nSPS) is 18.0. The number of aromatic nitrogens is 4. The molecule has 5 rings (SSSR count). The number of aliphatic hydroxyl groups is 1. The molecular weight excluding hydrogens is 438 g/mol. The average molecular weight is 468 g/mol. The Morgan fingerprint density at radius 1 is 1.09 bits per heavy atom. The molecule has 1 aliphatic rings. The van der Waals surface area contributed by atoms with Crippen molar-refractivity contribution in [3.8, 4) is 17.2 Å². The van der Waals surface area contributed by atoms with Crippen LogP contribution in [0.4, 0.5) is 0 Å². The Bertz CT molecular complexity index is 1440. The predicted molar refractivity (Wildman–Crippen MR) is 134 cm³/mol. The lowest BCUT2D eigenvalue weighted by molar-refractivity contribution is 0.110. The van der Waals surface area contributed by atoms with Crippen molar-refractivity contribution in [3.05, 3.63) is 87.5 Å². The van der Waals surface area contributed by atoms with Crippen molar-refractivity contribution < 1.29 is 5.11 Å². The van der Waals surface area contributed by atoms with E-state index in [-0.39, 0.29) is 17.7 Å². The highest BCUT2D eigenvalue weighted by atomic mass is 16.3. The Labute approximate surface area is 204 Å². The van der Waals surface area contributed by atoms with Crippen LogP contribution >= 0.6 is 0 Å². The molecule has 1 N–H and O–H groups in total. The minimum absolute atomic E-state index is 0.0172. The summed E-state index contributed by atoms with van der Waals surface area (Å²) in [7, 11) is 0. The van der Waals surface area contributed by atoms with Crippen LogP contribution in [0.3, 0.4) is 0 Å². The fourth-order valence-corrected chi connectivity index (χ4v) is 5.27. The molecule has 2 aromatic carbocycles. The molecule has 178 valence electrons. The number of rotatable bonds is 6. The van der Waals surface area contributed by atoms with Gasteiger partial charge in [-0.1, -0.05) is 61.0 Å². The van der Waals surface area contributed by atoms with E-state index in [4.69, 9.17) is 0 Å². The maximum Gasteiger partial charge on any atom is 0.257 e. The van der Waals surface area contributed by atoms with Crippen LogP contribution < -0.4 is 5.56 Å². The monoisotopic (exact) mass is 467 g/mol. The van der Waals surface area contributed by atoms with Gasteiger partial charge in [0.1, 0.15) is 0 Å². The minimum atomic E-state index is -0.287. The smallest absolute Gasteiger partial charge is 0.257 e. The van der Waals surface area contributed by atoms with Gasteiger partial charge in [-0.3, -0.25) is 9.36 Å². The second-order valence-electron chi connectivity index (χ2n) is 9.35. The maximum atomic E-state index is 13.9. The molecule has 0 bridgehead atoms. The lowest BCUT2D eigenvalue weighted by atomic mass is 9.92. The van der Waals surface area contributed by atoms with Crippen LogP contribution in [0.15, 0.2) is 59.5 Å². The van der Waals surface area contributed by atoms with E-state index < -0.39 is 0 Å². The molecule has 0 unspecified atom stereocenters. The van der Waals surface area contributed by atoms with Gasteiger partial charge in [0.25, 0.3) is 5.56 Å². The third-order valence-corrected chi connectivity index (χ3v) is 7.07. The van der Waals surface area contributed by atoms with E-state index in [0.717, 1.165) is 59.3 Å². The van der Waals surface area contributed by atoms with Gasteiger partial charge in [-0.25, -0.2) is 4.52 Å². The highest BCUT2D eigenvalue weighted by Crippen LogP contribution is 2.30. The van der Waals surface area contributed by atoms with Crippen LogP contribution in [0.25, 0.3) is 16.8 Å². The van der Waals surface area contributed by atoms with Gasteiger partial charge in [-0.2, -0.15) is 5.26 Å². The average Bonchev–Trinajstić information content (AvgIpc) is 3.37. The van der Waals surface area contributed by atoms with Gasteiger partial charge in [0.2, 0.25) is 0 Å². The van der Waals surface area contributed by atoms with Crippen molar-refractivity contribution in [3.63, 3.8) is 0 Å². The fraction of sp³-hybridized carbons (Fsp3) is 0.357. The van der Waals surface area contributed by atoms with Gasteiger partial charge >= 0.3 is 0 Å². The lowest BCUT2D eigenvalue weighted by Crippen LogP contribution is -2.34. The predicted octanol–water partition coefficient (Wildman–Crippen LogP) is 4.45. The third kappa shape index (κ3) is 4.38. The number of benzene rings is 2. The summed E-state index contributed by atoms with van der Waals surface area (Å²) in [4.78, 5) is 13.9. The summed E-state index contributed by atoms with van der Waals surface area (Å²) in [6.07, 6.45) is 6.45. The van der Waals surface area contributed by atoms with Crippen LogP contribution in [-0.2, 0) is 12.8 Å². The number of hydrogen-bond donors (Lipinski definition) is 1. The Balaban J connectivity index is 1.56. The zero-order valence-corrected chi connectivity index (χ0v) is 19.9. The van der Waals surface area contributed by atoms with Crippen LogP contribution in [0.5, 0.6) is 0 Å². The van der Waals surface area contributed by atoms with Gasteiger partial charge in [0, 0.05) is 18.0 Å². The van der Waals surface area contributed by atoms with E-state index in [2.05, 4.69) is 23.3 Å². The topological polar surface area (TPSA) is 96.2 Å². The van der Waals surface area contributed by atoms with E-state index >= 15 is 0 Å². The molecule has 4 aromatic rings. The Hall–Kier alpha value is -3.76. The first-order chi connectivity index (χ1) is 17.1. The number of aliphatic hydroxyl groups excluding tert-OH is 1. The molecule has 35 heavy (non-hydrogen) atoms. The van der Waals surface area contributed by atoms with Gasteiger partial charge < -0.3 is 5.11 Å². The first-order valence-electron chi connectivity index (χ1n) is 12.3. The number of aryl methyl sites for hydroxylation is 1. The second kappa shape index (κ2) is 9.85. The molecule has 0 radical (unpaired) electrons. The molecule has 0 spiro atoms. The molecule has 2 heterocycles. The van der Waals surface area contributed by atoms with Crippen molar-refractivity contribution in [2.45, 2.75) is 64.0 Å². The van der Waals surface area contributed by atoms with E-state index in [0.29, 0.717) is 24.8 Å². The molecule has 0 atom stereocenters. The first kappa shape index (κ1) is 23.0. The second-order valence-corrected chi connectivity index (χ2v) is 9.35. The molecule has 7 nitrogen and oxygen atoms in total. The molecular formula is C28H29N5O2. The Morgan fingerprint density at radius 2 is 1.83 bits per heavy atom. The minimum Gasteiger partial charge on any atom is -0.393 e. The van der Waals surface area contributed by atoms with Crippen LogP contribution in [0, 0.1) is 11.3 Å². The number of hydrogen-bond acceptors (Lipinski definition) is 5. The van der Waals surface area contributed by atoms with Crippen molar-refractivity contribution in [2.75, 3.05) is 0 Å². The van der Waals surface area contributed by atoms with Gasteiger partial charge in [0.15, 0.2) is 5.65 Å². The molecule has 0 saturated heterocycles. The van der Waals surface area contributed by atoms with Crippen LogP contribution in [0.1, 0.15) is 67.5 Å². The lowest BCUT2D eigenvalue weighted by Gasteiger charge is -2.28. The third-order valence-electron chi connectivity index (χ3n) is 7.07. The summed E-state index contributed by atoms with van der Waals surface area (Å²) in [5, 5.41) is 27.9. The first-order valence-corrected chi connectivity index (χ1v) is 12.3. The fourth-order valence-electron chi connectivity index (χ4n) is 5.27. The number of nitriles is 1. The van der Waals surface area contributed by atoms with Crippen molar-refractivity contribution in [1.29, 1.82) is 5.26 Å². The number of fused-ring (bicyclic) bond motifs is 1. The Kier molecular flexibility index (Phi) is 6.47. The highest BCUT2D eigenvalue weighted by Gasteiger charge is 2.26. The van der Waals surface area contributed by atoms with Crippen LogP contribution in [0.2, 0.25) is 0 Å². The van der Waals surface area contributed by atoms with Crippen molar-refractivity contribution in [1.82, 2.24) is 19.4 Å². The van der Waals surface area contributed by atoms with Gasteiger partial charge in [-0.05, 0) is 54.9 Å². The zero-order chi connectivity index (χ0) is 24.4. The van der Waals surface area contributed by atoms with Crippen molar-refractivity contribution >= 4 is 5.65 Å². The van der Waals surface area contributed by atoms with E-state index in [9.17, 15) is 15.2 Å². The highest BCUT2D eigenvalue weighted by molar-refractivity contribution is 5.70. The summed E-state index contributed by atoms with van der Waals surface area (Å²) >= 11 is 0. The largest absolute Gasteiger partial charge is 0.393 e. The van der Waals surface area contributed by atoms with Crippen molar-refractivity contribution in [2.24, 2.45) is 0 Å². The number of nitrogens with zero attached hydrogens (tertiary/aromatic N) is 5. The zero-order valence-electron chi connectivity index (χ0n) is 19.9. The molecule has 1 aliphatic carbocycles. The molecule has 0 amide bonds. The van der Waals surface area contributed by atoms with Gasteiger partial charge in [0.05, 0.1) is 29.6 Å². The molecule has 7 heteroatoms. The SMILES string of the molecule is CCCc1c(Cc2ccc(-c3ccccc3C#N)cc2)c(=O)n([C@H]2CC[C@H](O)CC2)c2cnnn12. The van der Waals surface area contributed by atoms with Crippen LogP contribution in [-0.4, -0.2) is 30.6 Å². The van der Waals surface area contributed by atoms with E-state index in [1.54, 1.807) is 6.20 Å². The summed E-state index contributed by atoms with van der Waals surface area (Å²) in [5.74, 6) is 0. The summed E-state index contributed by atoms with van der Waals surface area (Å²) in [6, 6.07) is 18.0. The standard InChI is InChI=1S/C28H29N5O2/c1-2-5-26-25(16-19-8-10-20(11-9-19)24-7-4-3-6-21(24)17-29)28(35)32(27-18-30-31-33(26)27)22-12-14-23(34)15-13-22/h3-4,6-11,18,22-23,34H,2,5,12-16H2,1H3/t22-,23-. The van der Waals surface area contributed by atoms with E-state index in [1.165, 1.54) is 0 Å². The van der Waals surface area contributed by atoms with Gasteiger partial charge in [-0.15, -0.1) is 5.10 Å². The molecule has 1 saturated carbocycles. The summed E-state index contributed by atoms with van der Waals surface area (Å²) in [6.45, 7) is 2.10. The summed E-state index contributed by atoms with van der Waals surface area (Å²) < 4.78 is 3.70. The molecule has 1 fully saturated rings. The Morgan fingerprint density at radius 3 is 2.54 bits per heavy atom. The molecule has 0 aliphatic heterocycles. The molecule has 2 aromatic heterocycles. The maximum absolute atomic E-state index is 13.9. The summed E-state index contributed by atoms with van der Waals surface area (Å²) in [5.41, 5.74) is 5.96.